The minimum absolute atomic E-state index is 0.712. The van der Waals surface area contributed by atoms with Crippen LogP contribution in [0.3, 0.4) is 0 Å². The van der Waals surface area contributed by atoms with Crippen LogP contribution < -0.4 is 0 Å². The average molecular weight is 224 g/mol. The molecule has 0 saturated carbocycles. The molecular formula is C6H3F3N2O2S. The summed E-state index contributed by atoms with van der Waals surface area (Å²) in [5.41, 5.74) is -2.06. The van der Waals surface area contributed by atoms with E-state index >= 15 is 0 Å². The zero-order valence-electron chi connectivity index (χ0n) is 6.45. The van der Waals surface area contributed by atoms with Gasteiger partial charge in [-0.25, -0.2) is 0 Å². The van der Waals surface area contributed by atoms with Crippen LogP contribution in [0.2, 0.25) is 0 Å². The van der Waals surface area contributed by atoms with Crippen molar-refractivity contribution < 1.29 is 18.1 Å². The number of halogens is 3. The van der Waals surface area contributed by atoms with Gasteiger partial charge in [0.2, 0.25) is 0 Å². The Balaban J connectivity index is 3.35. The number of nitro groups is 1. The Kier molecular flexibility index (Phi) is 2.65. The molecule has 4 nitrogen and oxygen atoms in total. The molecule has 0 atom stereocenters. The molecule has 0 N–H and O–H groups in total. The first-order valence-electron chi connectivity index (χ1n) is 3.23. The minimum Gasteiger partial charge on any atom is -0.258 e. The highest BCUT2D eigenvalue weighted by Gasteiger charge is 2.37. The van der Waals surface area contributed by atoms with E-state index in [1.54, 1.807) is 0 Å². The van der Waals surface area contributed by atoms with Gasteiger partial charge in [-0.3, -0.25) is 15.1 Å². The van der Waals surface area contributed by atoms with Gasteiger partial charge in [-0.15, -0.1) is 12.6 Å². The van der Waals surface area contributed by atoms with Gasteiger partial charge in [0.1, 0.15) is 4.90 Å². The molecule has 0 amide bonds. The second-order valence-corrected chi connectivity index (χ2v) is 2.73. The van der Waals surface area contributed by atoms with E-state index in [2.05, 4.69) is 17.6 Å². The largest absolute Gasteiger partial charge is 0.434 e. The summed E-state index contributed by atoms with van der Waals surface area (Å²) in [6.07, 6.45) is -4.01. The number of nitrogens with zero attached hydrogens (tertiary/aromatic N) is 2. The fourth-order valence-corrected chi connectivity index (χ4v) is 1.14. The topological polar surface area (TPSA) is 56.0 Å². The van der Waals surface area contributed by atoms with Crippen LogP contribution in [0.15, 0.2) is 17.2 Å². The fraction of sp³-hybridized carbons (Fsp3) is 0.167. The van der Waals surface area contributed by atoms with Crippen LogP contribution >= 0.6 is 12.6 Å². The average Bonchev–Trinajstić information content (AvgIpc) is 2.01. The first kappa shape index (κ1) is 10.8. The van der Waals surface area contributed by atoms with Crippen LogP contribution in [0.5, 0.6) is 0 Å². The predicted molar refractivity (Wildman–Crippen MR) is 43.1 cm³/mol. The Bertz CT molecular complexity index is 380. The van der Waals surface area contributed by atoms with E-state index in [-0.39, 0.29) is 0 Å². The smallest absolute Gasteiger partial charge is 0.258 e. The molecule has 76 valence electrons. The van der Waals surface area contributed by atoms with E-state index < -0.39 is 27.4 Å². The van der Waals surface area contributed by atoms with Crippen molar-refractivity contribution in [2.45, 2.75) is 11.1 Å². The minimum atomic E-state index is -4.73. The van der Waals surface area contributed by atoms with Crippen LogP contribution in [0, 0.1) is 10.1 Å². The molecular weight excluding hydrogens is 221 g/mol. The third kappa shape index (κ3) is 1.95. The number of rotatable bonds is 1. The lowest BCUT2D eigenvalue weighted by Crippen LogP contribution is -2.10. The van der Waals surface area contributed by atoms with Crippen molar-refractivity contribution >= 4 is 18.3 Å². The van der Waals surface area contributed by atoms with Crippen LogP contribution in [0.4, 0.5) is 18.9 Å². The number of aromatic nitrogens is 1. The quantitative estimate of drug-likeness (QED) is 0.452. The molecule has 0 radical (unpaired) electrons. The molecule has 1 heterocycles. The van der Waals surface area contributed by atoms with Crippen LogP contribution in [-0.4, -0.2) is 9.91 Å². The molecule has 1 aromatic heterocycles. The van der Waals surface area contributed by atoms with Crippen molar-refractivity contribution in [1.29, 1.82) is 0 Å². The van der Waals surface area contributed by atoms with Crippen molar-refractivity contribution in [3.63, 3.8) is 0 Å². The van der Waals surface area contributed by atoms with Gasteiger partial charge in [0.15, 0.2) is 5.69 Å². The molecule has 0 unspecified atom stereocenters. The fourth-order valence-electron chi connectivity index (χ4n) is 0.799. The summed E-state index contributed by atoms with van der Waals surface area (Å²) in [7, 11) is 0. The Hall–Kier alpha value is -1.31. The summed E-state index contributed by atoms with van der Waals surface area (Å²) in [6.45, 7) is 0. The van der Waals surface area contributed by atoms with Gasteiger partial charge >= 0.3 is 6.18 Å². The summed E-state index contributed by atoms with van der Waals surface area (Å²) in [5, 5.41) is 10.3. The van der Waals surface area contributed by atoms with Gasteiger partial charge in [-0.1, -0.05) is 0 Å². The second-order valence-electron chi connectivity index (χ2n) is 2.28. The van der Waals surface area contributed by atoms with Crippen molar-refractivity contribution in [3.05, 3.63) is 28.1 Å². The Morgan fingerprint density at radius 2 is 2.07 bits per heavy atom. The molecule has 0 saturated heterocycles. The van der Waals surface area contributed by atoms with E-state index in [1.807, 2.05) is 0 Å². The maximum absolute atomic E-state index is 12.2. The number of thiol groups is 1. The van der Waals surface area contributed by atoms with Crippen molar-refractivity contribution in [3.8, 4) is 0 Å². The summed E-state index contributed by atoms with van der Waals surface area (Å²) >= 11 is 3.42. The van der Waals surface area contributed by atoms with E-state index in [9.17, 15) is 23.3 Å². The standard InChI is InChI=1S/C6H3F3N2O2S/c7-6(8,9)5-4(14)3(11(12)13)1-2-10-5/h1-2,14H. The summed E-state index contributed by atoms with van der Waals surface area (Å²) in [5.74, 6) is 0. The van der Waals surface area contributed by atoms with Crippen LogP contribution in [-0.2, 0) is 6.18 Å². The zero-order chi connectivity index (χ0) is 10.9. The Morgan fingerprint density at radius 3 is 2.50 bits per heavy atom. The summed E-state index contributed by atoms with van der Waals surface area (Å²) < 4.78 is 36.5. The van der Waals surface area contributed by atoms with Crippen molar-refractivity contribution in [1.82, 2.24) is 4.98 Å². The first-order chi connectivity index (χ1) is 6.34. The Labute approximate surface area is 81.3 Å². The highest BCUT2D eigenvalue weighted by molar-refractivity contribution is 7.80. The molecule has 0 aliphatic rings. The van der Waals surface area contributed by atoms with Gasteiger partial charge in [0, 0.05) is 12.3 Å². The van der Waals surface area contributed by atoms with Gasteiger partial charge in [0.05, 0.1) is 4.92 Å². The van der Waals surface area contributed by atoms with Gasteiger partial charge in [-0.2, -0.15) is 13.2 Å². The van der Waals surface area contributed by atoms with Gasteiger partial charge in [-0.05, 0) is 0 Å². The molecule has 0 spiro atoms. The molecule has 0 aliphatic carbocycles. The highest BCUT2D eigenvalue weighted by atomic mass is 32.1. The normalized spacial score (nSPS) is 11.4. The number of hydrogen-bond acceptors (Lipinski definition) is 4. The zero-order valence-corrected chi connectivity index (χ0v) is 7.34. The van der Waals surface area contributed by atoms with Crippen LogP contribution in [0.1, 0.15) is 5.69 Å². The third-order valence-electron chi connectivity index (χ3n) is 1.37. The molecule has 14 heavy (non-hydrogen) atoms. The third-order valence-corrected chi connectivity index (χ3v) is 1.81. The van der Waals surface area contributed by atoms with E-state index in [0.29, 0.717) is 0 Å². The molecule has 8 heteroatoms. The Morgan fingerprint density at radius 1 is 1.50 bits per heavy atom. The molecule has 0 fully saturated rings. The maximum atomic E-state index is 12.2. The lowest BCUT2D eigenvalue weighted by atomic mass is 10.3. The molecule has 0 aromatic carbocycles. The molecule has 1 aromatic rings. The summed E-state index contributed by atoms with van der Waals surface area (Å²) in [6, 6.07) is 0.859. The lowest BCUT2D eigenvalue weighted by Gasteiger charge is -2.07. The maximum Gasteiger partial charge on any atom is 0.434 e. The lowest BCUT2D eigenvalue weighted by molar-refractivity contribution is -0.388. The highest BCUT2D eigenvalue weighted by Crippen LogP contribution is 2.35. The number of pyridine rings is 1. The van der Waals surface area contributed by atoms with E-state index in [4.69, 9.17) is 0 Å². The van der Waals surface area contributed by atoms with Gasteiger partial charge in [0.25, 0.3) is 5.69 Å². The van der Waals surface area contributed by atoms with Gasteiger partial charge < -0.3 is 0 Å². The molecule has 0 bridgehead atoms. The van der Waals surface area contributed by atoms with E-state index in [0.717, 1.165) is 12.3 Å². The van der Waals surface area contributed by atoms with E-state index in [1.165, 1.54) is 0 Å². The first-order valence-corrected chi connectivity index (χ1v) is 3.68. The number of alkyl halides is 3. The van der Waals surface area contributed by atoms with Crippen molar-refractivity contribution in [2.24, 2.45) is 0 Å². The second kappa shape index (κ2) is 3.45. The summed E-state index contributed by atoms with van der Waals surface area (Å²) in [4.78, 5) is 11.5. The van der Waals surface area contributed by atoms with Crippen LogP contribution in [0.25, 0.3) is 0 Å². The predicted octanol–water partition coefficient (Wildman–Crippen LogP) is 2.30. The molecule has 1 rings (SSSR count). The molecule has 0 aliphatic heterocycles. The van der Waals surface area contributed by atoms with Crippen molar-refractivity contribution in [2.75, 3.05) is 0 Å². The number of hydrogen-bond donors (Lipinski definition) is 1. The SMILES string of the molecule is O=[N+]([O-])c1ccnc(C(F)(F)F)c1S. The monoisotopic (exact) mass is 224 g/mol.